The Kier molecular flexibility index (Phi) is 7.75. The second-order valence-electron chi connectivity index (χ2n) is 6.38. The third-order valence-electron chi connectivity index (χ3n) is 4.36. The fraction of sp³-hybridized carbons (Fsp3) is 0.350. The van der Waals surface area contributed by atoms with Crippen molar-refractivity contribution in [3.05, 3.63) is 47.5 Å². The largest absolute Gasteiger partial charge is 0.493 e. The van der Waals surface area contributed by atoms with Crippen molar-refractivity contribution in [2.75, 3.05) is 25.1 Å². The summed E-state index contributed by atoms with van der Waals surface area (Å²) < 4.78 is 38.2. The Balaban J connectivity index is 2.48. The lowest BCUT2D eigenvalue weighted by molar-refractivity contribution is -0.120. The molecule has 2 aromatic carbocycles. The molecule has 0 heterocycles. The third kappa shape index (κ3) is 5.55. The molecule has 1 N–H and O–H groups in total. The Hall–Kier alpha value is -2.45. The van der Waals surface area contributed by atoms with Crippen molar-refractivity contribution in [3.8, 4) is 11.5 Å². The summed E-state index contributed by atoms with van der Waals surface area (Å²) in [7, 11) is -1.18. The average Bonchev–Trinajstić information content (AvgIpc) is 2.71. The van der Waals surface area contributed by atoms with Gasteiger partial charge in [0.1, 0.15) is 6.54 Å². The minimum atomic E-state index is -4.07. The quantitative estimate of drug-likeness (QED) is 0.645. The predicted molar refractivity (Wildman–Crippen MR) is 113 cm³/mol. The summed E-state index contributed by atoms with van der Waals surface area (Å²) in [6, 6.07) is 10.5. The van der Waals surface area contributed by atoms with E-state index in [1.807, 2.05) is 13.8 Å². The first-order chi connectivity index (χ1) is 13.7. The highest BCUT2D eigenvalue weighted by atomic mass is 35.5. The molecule has 0 radical (unpaired) electrons. The number of hydrogen-bond acceptors (Lipinski definition) is 5. The molecule has 158 valence electrons. The minimum Gasteiger partial charge on any atom is -0.493 e. The average molecular weight is 441 g/mol. The Labute approximate surface area is 176 Å². The van der Waals surface area contributed by atoms with E-state index in [1.165, 1.54) is 32.4 Å². The number of hydrogen-bond donors (Lipinski definition) is 1. The van der Waals surface area contributed by atoms with Crippen LogP contribution in [0.2, 0.25) is 5.02 Å². The van der Waals surface area contributed by atoms with Gasteiger partial charge in [0, 0.05) is 17.1 Å². The standard InChI is InChI=1S/C20H25ClN2O5S/c1-5-14(2)22-20(24)13-23(16-8-6-15(21)7-9-16)29(25,26)17-10-11-18(27-3)19(12-17)28-4/h6-12,14H,5,13H2,1-4H3,(H,22,24). The van der Waals surface area contributed by atoms with Crippen LogP contribution in [0.4, 0.5) is 5.69 Å². The highest BCUT2D eigenvalue weighted by Gasteiger charge is 2.28. The molecule has 0 saturated heterocycles. The van der Waals surface area contributed by atoms with E-state index in [9.17, 15) is 13.2 Å². The zero-order chi connectivity index (χ0) is 21.6. The number of methoxy groups -OCH3 is 2. The van der Waals surface area contributed by atoms with Crippen molar-refractivity contribution in [1.29, 1.82) is 0 Å². The van der Waals surface area contributed by atoms with Crippen molar-refractivity contribution < 1.29 is 22.7 Å². The smallest absolute Gasteiger partial charge is 0.264 e. The molecule has 0 spiro atoms. The van der Waals surface area contributed by atoms with Crippen molar-refractivity contribution in [2.45, 2.75) is 31.2 Å². The molecule has 1 unspecified atom stereocenters. The van der Waals surface area contributed by atoms with Gasteiger partial charge in [0.15, 0.2) is 11.5 Å². The molecule has 0 aliphatic heterocycles. The lowest BCUT2D eigenvalue weighted by atomic mass is 10.2. The van der Waals surface area contributed by atoms with Crippen LogP contribution in [0.15, 0.2) is 47.4 Å². The first-order valence-electron chi connectivity index (χ1n) is 9.02. The first kappa shape index (κ1) is 22.8. The minimum absolute atomic E-state index is 0.0264. The second-order valence-corrected chi connectivity index (χ2v) is 8.68. The molecule has 1 atom stereocenters. The number of ether oxygens (including phenoxy) is 2. The fourth-order valence-corrected chi connectivity index (χ4v) is 4.14. The van der Waals surface area contributed by atoms with Gasteiger partial charge in [-0.2, -0.15) is 0 Å². The number of benzene rings is 2. The van der Waals surface area contributed by atoms with Gasteiger partial charge >= 0.3 is 0 Å². The molecule has 0 aromatic heterocycles. The Morgan fingerprint density at radius 1 is 1.10 bits per heavy atom. The summed E-state index contributed by atoms with van der Waals surface area (Å²) in [5, 5.41) is 3.25. The Morgan fingerprint density at radius 2 is 1.72 bits per heavy atom. The number of sulfonamides is 1. The molecule has 2 rings (SSSR count). The lowest BCUT2D eigenvalue weighted by Gasteiger charge is -2.25. The number of carbonyl (C=O) groups excluding carboxylic acids is 1. The number of carbonyl (C=O) groups is 1. The van der Waals surface area contributed by atoms with Gasteiger partial charge in [-0.3, -0.25) is 9.10 Å². The maximum absolute atomic E-state index is 13.4. The lowest BCUT2D eigenvalue weighted by Crippen LogP contribution is -2.43. The third-order valence-corrected chi connectivity index (χ3v) is 6.39. The van der Waals surface area contributed by atoms with Crippen LogP contribution in [0.3, 0.4) is 0 Å². The molecule has 0 saturated carbocycles. The van der Waals surface area contributed by atoms with E-state index in [1.54, 1.807) is 24.3 Å². The van der Waals surface area contributed by atoms with Crippen LogP contribution in [0.5, 0.6) is 11.5 Å². The van der Waals surface area contributed by atoms with E-state index in [4.69, 9.17) is 21.1 Å². The van der Waals surface area contributed by atoms with Crippen LogP contribution >= 0.6 is 11.6 Å². The van der Waals surface area contributed by atoms with Gasteiger partial charge in [0.25, 0.3) is 10.0 Å². The molecular formula is C20H25ClN2O5S. The number of halogens is 1. The highest BCUT2D eigenvalue weighted by molar-refractivity contribution is 7.92. The summed E-state index contributed by atoms with van der Waals surface area (Å²) in [5.74, 6) is 0.269. The number of nitrogens with zero attached hydrogens (tertiary/aromatic N) is 1. The van der Waals surface area contributed by atoms with E-state index >= 15 is 0 Å². The molecule has 0 aliphatic rings. The Bertz CT molecular complexity index is 948. The van der Waals surface area contributed by atoms with Crippen LogP contribution in [-0.4, -0.2) is 41.1 Å². The summed E-state index contributed by atoms with van der Waals surface area (Å²) in [6.45, 7) is 3.41. The Morgan fingerprint density at radius 3 is 2.28 bits per heavy atom. The van der Waals surface area contributed by atoms with Crippen LogP contribution in [0.25, 0.3) is 0 Å². The molecule has 2 aromatic rings. The van der Waals surface area contributed by atoms with Gasteiger partial charge in [0.2, 0.25) is 5.91 Å². The summed E-state index contributed by atoms with van der Waals surface area (Å²) in [4.78, 5) is 12.5. The number of anilines is 1. The number of nitrogens with one attached hydrogen (secondary N) is 1. The van der Waals surface area contributed by atoms with E-state index < -0.39 is 15.9 Å². The number of amides is 1. The molecule has 7 nitrogen and oxygen atoms in total. The first-order valence-corrected chi connectivity index (χ1v) is 10.8. The van der Waals surface area contributed by atoms with Gasteiger partial charge in [-0.15, -0.1) is 0 Å². The monoisotopic (exact) mass is 440 g/mol. The van der Waals surface area contributed by atoms with E-state index in [2.05, 4.69) is 5.32 Å². The fourth-order valence-electron chi connectivity index (χ4n) is 2.58. The zero-order valence-electron chi connectivity index (χ0n) is 16.8. The summed E-state index contributed by atoms with van der Waals surface area (Å²) >= 11 is 5.94. The second kappa shape index (κ2) is 9.84. The van der Waals surface area contributed by atoms with Gasteiger partial charge < -0.3 is 14.8 Å². The van der Waals surface area contributed by atoms with E-state index in [0.29, 0.717) is 16.5 Å². The zero-order valence-corrected chi connectivity index (χ0v) is 18.4. The SMILES string of the molecule is CCC(C)NC(=O)CN(c1ccc(Cl)cc1)S(=O)(=O)c1ccc(OC)c(OC)c1. The predicted octanol–water partition coefficient (Wildman–Crippen LogP) is 3.47. The topological polar surface area (TPSA) is 84.9 Å². The van der Waals surface area contributed by atoms with Gasteiger partial charge in [-0.25, -0.2) is 8.42 Å². The van der Waals surface area contributed by atoms with Crippen LogP contribution in [0.1, 0.15) is 20.3 Å². The summed E-state index contributed by atoms with van der Waals surface area (Å²) in [6.07, 6.45) is 0.731. The van der Waals surface area contributed by atoms with Crippen LogP contribution in [0, 0.1) is 0 Å². The van der Waals surface area contributed by atoms with Gasteiger partial charge in [-0.1, -0.05) is 18.5 Å². The van der Waals surface area contributed by atoms with Gasteiger partial charge in [0.05, 0.1) is 24.8 Å². The molecular weight excluding hydrogens is 416 g/mol. The maximum Gasteiger partial charge on any atom is 0.264 e. The van der Waals surface area contributed by atoms with Crippen LogP contribution in [-0.2, 0) is 14.8 Å². The molecule has 1 amide bonds. The van der Waals surface area contributed by atoms with Crippen molar-refractivity contribution in [3.63, 3.8) is 0 Å². The molecule has 0 bridgehead atoms. The number of rotatable bonds is 9. The van der Waals surface area contributed by atoms with Crippen molar-refractivity contribution >= 4 is 33.2 Å². The molecule has 9 heteroatoms. The normalized spacial score (nSPS) is 12.2. The summed E-state index contributed by atoms with van der Waals surface area (Å²) in [5.41, 5.74) is 0.323. The van der Waals surface area contributed by atoms with Crippen molar-refractivity contribution in [1.82, 2.24) is 5.32 Å². The van der Waals surface area contributed by atoms with Gasteiger partial charge in [-0.05, 0) is 49.7 Å². The van der Waals surface area contributed by atoms with E-state index in [0.717, 1.165) is 10.7 Å². The molecule has 0 fully saturated rings. The highest BCUT2D eigenvalue weighted by Crippen LogP contribution is 2.32. The van der Waals surface area contributed by atoms with Crippen molar-refractivity contribution in [2.24, 2.45) is 0 Å². The van der Waals surface area contributed by atoms with E-state index in [-0.39, 0.29) is 23.2 Å². The maximum atomic E-state index is 13.4. The molecule has 29 heavy (non-hydrogen) atoms. The van der Waals surface area contributed by atoms with Crippen LogP contribution < -0.4 is 19.1 Å². The molecule has 0 aliphatic carbocycles.